The minimum Gasteiger partial charge on any atom is -0.481 e. The molecule has 2 rings (SSSR count). The van der Waals surface area contributed by atoms with Gasteiger partial charge < -0.3 is 19.4 Å². The molecule has 118 valence electrons. The van der Waals surface area contributed by atoms with Crippen LogP contribution in [0.4, 0.5) is 4.39 Å². The van der Waals surface area contributed by atoms with Crippen LogP contribution in [0.1, 0.15) is 0 Å². The van der Waals surface area contributed by atoms with E-state index in [-0.39, 0.29) is 18.3 Å². The second-order valence-corrected chi connectivity index (χ2v) is 4.48. The summed E-state index contributed by atoms with van der Waals surface area (Å²) >= 11 is 0. The van der Waals surface area contributed by atoms with Crippen molar-refractivity contribution < 1.29 is 18.7 Å². The minimum absolute atomic E-state index is 0.0641. The quantitative estimate of drug-likeness (QED) is 0.708. The Morgan fingerprint density at radius 2 is 2.18 bits per heavy atom. The van der Waals surface area contributed by atoms with Crippen molar-refractivity contribution in [3.63, 3.8) is 0 Å². The lowest BCUT2D eigenvalue weighted by atomic mass is 10.3. The molecular formula is C15H18FN3O3. The van der Waals surface area contributed by atoms with Gasteiger partial charge in [0.05, 0.1) is 19.5 Å². The van der Waals surface area contributed by atoms with Crippen molar-refractivity contribution in [3.8, 4) is 5.75 Å². The van der Waals surface area contributed by atoms with Gasteiger partial charge in [0.2, 0.25) is 0 Å². The van der Waals surface area contributed by atoms with Crippen molar-refractivity contribution in [2.24, 2.45) is 0 Å². The number of benzene rings is 1. The van der Waals surface area contributed by atoms with Crippen molar-refractivity contribution in [2.75, 3.05) is 26.4 Å². The zero-order chi connectivity index (χ0) is 15.6. The van der Waals surface area contributed by atoms with Gasteiger partial charge in [-0.15, -0.1) is 0 Å². The van der Waals surface area contributed by atoms with Crippen LogP contribution in [0.2, 0.25) is 0 Å². The molecule has 0 saturated heterocycles. The van der Waals surface area contributed by atoms with E-state index in [1.165, 1.54) is 12.1 Å². The fourth-order valence-corrected chi connectivity index (χ4v) is 1.71. The number of nitrogens with one attached hydrogen (secondary N) is 1. The Hall–Kier alpha value is -2.41. The molecule has 22 heavy (non-hydrogen) atoms. The van der Waals surface area contributed by atoms with Crippen molar-refractivity contribution in [1.82, 2.24) is 14.9 Å². The Bertz CT molecular complexity index is 575. The molecule has 7 heteroatoms. The normalized spacial score (nSPS) is 10.4. The van der Waals surface area contributed by atoms with Gasteiger partial charge >= 0.3 is 0 Å². The maximum absolute atomic E-state index is 13.3. The topological polar surface area (TPSA) is 65.4 Å². The fourth-order valence-electron chi connectivity index (χ4n) is 1.71. The van der Waals surface area contributed by atoms with Crippen LogP contribution >= 0.6 is 0 Å². The van der Waals surface area contributed by atoms with Crippen LogP contribution in [0.15, 0.2) is 43.0 Å². The van der Waals surface area contributed by atoms with Gasteiger partial charge in [-0.05, 0) is 12.1 Å². The number of para-hydroxylation sites is 1. The van der Waals surface area contributed by atoms with Crippen LogP contribution in [0.5, 0.6) is 5.75 Å². The second-order valence-electron chi connectivity index (χ2n) is 4.48. The molecule has 1 aromatic heterocycles. The highest BCUT2D eigenvalue weighted by molar-refractivity contribution is 5.77. The molecule has 2 aromatic rings. The number of carbonyl (C=O) groups excluding carboxylic acids is 1. The first-order valence-electron chi connectivity index (χ1n) is 6.93. The molecular weight excluding hydrogens is 289 g/mol. The van der Waals surface area contributed by atoms with E-state index >= 15 is 0 Å². The third-order valence-electron chi connectivity index (χ3n) is 2.82. The largest absolute Gasteiger partial charge is 0.481 e. The number of ether oxygens (including phenoxy) is 2. The number of hydrogen-bond acceptors (Lipinski definition) is 4. The standard InChI is InChI=1S/C15H18FN3O3/c16-13-3-1-2-4-14(13)22-11-15(20)18-6-9-21-10-8-19-7-5-17-12-19/h1-5,7,12H,6,8-11H2,(H,18,20). The summed E-state index contributed by atoms with van der Waals surface area (Å²) in [7, 11) is 0. The van der Waals surface area contributed by atoms with E-state index in [1.807, 2.05) is 10.8 Å². The zero-order valence-electron chi connectivity index (χ0n) is 12.1. The number of imidazole rings is 1. The third kappa shape index (κ3) is 5.53. The summed E-state index contributed by atoms with van der Waals surface area (Å²) in [6.45, 7) is 1.81. The van der Waals surface area contributed by atoms with Crippen LogP contribution in [0, 0.1) is 5.82 Å². The first-order valence-corrected chi connectivity index (χ1v) is 6.93. The molecule has 0 aliphatic carbocycles. The van der Waals surface area contributed by atoms with E-state index in [0.717, 1.165) is 0 Å². The first-order chi connectivity index (χ1) is 10.8. The number of aromatic nitrogens is 2. The van der Waals surface area contributed by atoms with E-state index < -0.39 is 5.82 Å². The predicted molar refractivity (Wildman–Crippen MR) is 78.0 cm³/mol. The lowest BCUT2D eigenvalue weighted by Crippen LogP contribution is -2.32. The highest BCUT2D eigenvalue weighted by Gasteiger charge is 2.05. The molecule has 1 aromatic carbocycles. The molecule has 0 radical (unpaired) electrons. The monoisotopic (exact) mass is 307 g/mol. The Morgan fingerprint density at radius 3 is 2.95 bits per heavy atom. The number of rotatable bonds is 9. The molecule has 1 N–H and O–H groups in total. The van der Waals surface area contributed by atoms with E-state index in [2.05, 4.69) is 10.3 Å². The van der Waals surface area contributed by atoms with Crippen molar-refractivity contribution in [3.05, 3.63) is 48.8 Å². The molecule has 0 atom stereocenters. The van der Waals surface area contributed by atoms with E-state index in [1.54, 1.807) is 24.7 Å². The number of amides is 1. The molecule has 0 fully saturated rings. The van der Waals surface area contributed by atoms with Gasteiger partial charge in [-0.1, -0.05) is 12.1 Å². The molecule has 6 nitrogen and oxygen atoms in total. The summed E-state index contributed by atoms with van der Waals surface area (Å²) in [5.74, 6) is -0.742. The van der Waals surface area contributed by atoms with Gasteiger partial charge in [-0.2, -0.15) is 0 Å². The summed E-state index contributed by atoms with van der Waals surface area (Å²) in [5.41, 5.74) is 0. The fraction of sp³-hybridized carbons (Fsp3) is 0.333. The van der Waals surface area contributed by atoms with Gasteiger partial charge in [0, 0.05) is 25.5 Å². The number of hydrogen-bond donors (Lipinski definition) is 1. The molecule has 1 amide bonds. The Kier molecular flexibility index (Phi) is 6.38. The van der Waals surface area contributed by atoms with E-state index in [0.29, 0.717) is 26.3 Å². The van der Waals surface area contributed by atoms with Crippen molar-refractivity contribution >= 4 is 5.91 Å². The Labute approximate surface area is 127 Å². The van der Waals surface area contributed by atoms with Gasteiger partial charge in [-0.25, -0.2) is 9.37 Å². The molecule has 1 heterocycles. The van der Waals surface area contributed by atoms with Crippen LogP contribution in [0.3, 0.4) is 0 Å². The highest BCUT2D eigenvalue weighted by Crippen LogP contribution is 2.14. The van der Waals surface area contributed by atoms with Crippen LogP contribution in [0.25, 0.3) is 0 Å². The van der Waals surface area contributed by atoms with Crippen LogP contribution < -0.4 is 10.1 Å². The molecule has 0 spiro atoms. The van der Waals surface area contributed by atoms with Gasteiger partial charge in [0.25, 0.3) is 5.91 Å². The average molecular weight is 307 g/mol. The SMILES string of the molecule is O=C(COc1ccccc1F)NCCOCCn1ccnc1. The summed E-state index contributed by atoms with van der Waals surface area (Å²) in [5, 5.41) is 2.64. The summed E-state index contributed by atoms with van der Waals surface area (Å²) < 4.78 is 25.6. The Morgan fingerprint density at radius 1 is 1.32 bits per heavy atom. The summed E-state index contributed by atoms with van der Waals surface area (Å²) in [6.07, 6.45) is 5.27. The van der Waals surface area contributed by atoms with Crippen LogP contribution in [-0.4, -0.2) is 41.8 Å². The van der Waals surface area contributed by atoms with Crippen molar-refractivity contribution in [2.45, 2.75) is 6.54 Å². The van der Waals surface area contributed by atoms with Crippen LogP contribution in [-0.2, 0) is 16.1 Å². The van der Waals surface area contributed by atoms with Crippen molar-refractivity contribution in [1.29, 1.82) is 0 Å². The van der Waals surface area contributed by atoms with E-state index in [4.69, 9.17) is 9.47 Å². The highest BCUT2D eigenvalue weighted by atomic mass is 19.1. The first kappa shape index (κ1) is 16.0. The summed E-state index contributed by atoms with van der Waals surface area (Å²) in [4.78, 5) is 15.4. The number of halogens is 1. The second kappa shape index (κ2) is 8.78. The number of nitrogens with zero attached hydrogens (tertiary/aromatic N) is 2. The molecule has 0 aliphatic rings. The molecule has 0 saturated carbocycles. The van der Waals surface area contributed by atoms with Gasteiger partial charge in [0.15, 0.2) is 18.2 Å². The maximum Gasteiger partial charge on any atom is 0.258 e. The maximum atomic E-state index is 13.3. The molecule has 0 aliphatic heterocycles. The lowest BCUT2D eigenvalue weighted by Gasteiger charge is -2.08. The van der Waals surface area contributed by atoms with Gasteiger partial charge in [0.1, 0.15) is 0 Å². The third-order valence-corrected chi connectivity index (χ3v) is 2.82. The molecule has 0 bridgehead atoms. The van der Waals surface area contributed by atoms with E-state index in [9.17, 15) is 9.18 Å². The summed E-state index contributed by atoms with van der Waals surface area (Å²) in [6, 6.07) is 5.96. The molecule has 0 unspecified atom stereocenters. The average Bonchev–Trinajstić information content (AvgIpc) is 3.03. The Balaban J connectivity index is 1.52. The lowest BCUT2D eigenvalue weighted by molar-refractivity contribution is -0.123. The number of carbonyl (C=O) groups is 1. The zero-order valence-corrected chi connectivity index (χ0v) is 12.1. The minimum atomic E-state index is -0.488. The predicted octanol–water partition coefficient (Wildman–Crippen LogP) is 1.23. The smallest absolute Gasteiger partial charge is 0.258 e. The van der Waals surface area contributed by atoms with Gasteiger partial charge in [-0.3, -0.25) is 4.79 Å².